The van der Waals surface area contributed by atoms with Gasteiger partial charge in [0, 0.05) is 12.1 Å². The molecule has 3 rings (SSSR count). The van der Waals surface area contributed by atoms with Crippen LogP contribution >= 0.6 is 0 Å². The minimum atomic E-state index is 0.672. The molecule has 1 aromatic heterocycles. The summed E-state index contributed by atoms with van der Waals surface area (Å²) < 4.78 is 1.84. The van der Waals surface area contributed by atoms with Crippen LogP contribution in [0, 0.1) is 0 Å². The second kappa shape index (κ2) is 5.20. The number of nitrogens with zero attached hydrogens (tertiary/aromatic N) is 3. The number of nitrogens with two attached hydrogens (primary N) is 1. The van der Waals surface area contributed by atoms with Crippen molar-refractivity contribution in [3.63, 3.8) is 0 Å². The maximum Gasteiger partial charge on any atom is 0.113 e. The molecule has 0 aliphatic heterocycles. The molecule has 3 aromatic rings. The molecule has 0 fully saturated rings. The fraction of sp³-hybridized carbons (Fsp3) is 0.200. The normalized spacial score (nSPS) is 11.0. The first-order valence-electron chi connectivity index (χ1n) is 6.46. The quantitative estimate of drug-likeness (QED) is 0.776. The molecule has 0 spiro atoms. The highest BCUT2D eigenvalue weighted by Gasteiger charge is 2.04. The second-order valence-electron chi connectivity index (χ2n) is 4.57. The number of hydrogen-bond donors (Lipinski definition) is 1. The fourth-order valence-corrected chi connectivity index (χ4v) is 2.14. The molecule has 0 radical (unpaired) electrons. The summed E-state index contributed by atoms with van der Waals surface area (Å²) in [7, 11) is 0. The van der Waals surface area contributed by atoms with Crippen LogP contribution < -0.4 is 5.73 Å². The Morgan fingerprint density at radius 3 is 2.74 bits per heavy atom. The van der Waals surface area contributed by atoms with Gasteiger partial charge in [-0.15, -0.1) is 5.10 Å². The van der Waals surface area contributed by atoms with Gasteiger partial charge in [-0.25, -0.2) is 0 Å². The SMILES string of the molecule is NCCCn1cc(-c2ccc3ccccc3c2)nn1. The van der Waals surface area contributed by atoms with Gasteiger partial charge in [-0.1, -0.05) is 41.6 Å². The van der Waals surface area contributed by atoms with Crippen molar-refractivity contribution >= 4 is 10.8 Å². The van der Waals surface area contributed by atoms with Crippen molar-refractivity contribution in [3.8, 4) is 11.3 Å². The Labute approximate surface area is 111 Å². The van der Waals surface area contributed by atoms with Crippen molar-refractivity contribution in [1.82, 2.24) is 15.0 Å². The van der Waals surface area contributed by atoms with E-state index < -0.39 is 0 Å². The largest absolute Gasteiger partial charge is 0.330 e. The average Bonchev–Trinajstić information content (AvgIpc) is 2.93. The number of aromatic nitrogens is 3. The van der Waals surface area contributed by atoms with E-state index in [1.807, 2.05) is 23.0 Å². The lowest BCUT2D eigenvalue weighted by Crippen LogP contribution is -2.06. The summed E-state index contributed by atoms with van der Waals surface area (Å²) in [4.78, 5) is 0. The highest BCUT2D eigenvalue weighted by molar-refractivity contribution is 5.86. The minimum Gasteiger partial charge on any atom is -0.330 e. The smallest absolute Gasteiger partial charge is 0.113 e. The standard InChI is InChI=1S/C15H16N4/c16-8-3-9-19-11-15(17-18-19)14-7-6-12-4-1-2-5-13(12)10-14/h1-2,4-7,10-11H,3,8-9,16H2. The van der Waals surface area contributed by atoms with Gasteiger partial charge in [0.15, 0.2) is 0 Å². The second-order valence-corrected chi connectivity index (χ2v) is 4.57. The van der Waals surface area contributed by atoms with E-state index >= 15 is 0 Å². The molecule has 0 aliphatic rings. The molecule has 0 amide bonds. The van der Waals surface area contributed by atoms with Gasteiger partial charge in [-0.3, -0.25) is 4.68 Å². The Kier molecular flexibility index (Phi) is 3.25. The number of rotatable bonds is 4. The highest BCUT2D eigenvalue weighted by Crippen LogP contribution is 2.22. The van der Waals surface area contributed by atoms with Crippen molar-refractivity contribution < 1.29 is 0 Å². The van der Waals surface area contributed by atoms with Gasteiger partial charge in [0.1, 0.15) is 5.69 Å². The molecule has 0 bridgehead atoms. The Balaban J connectivity index is 1.92. The lowest BCUT2D eigenvalue weighted by atomic mass is 10.1. The molecule has 0 atom stereocenters. The van der Waals surface area contributed by atoms with Gasteiger partial charge in [-0.2, -0.15) is 0 Å². The van der Waals surface area contributed by atoms with E-state index in [-0.39, 0.29) is 0 Å². The summed E-state index contributed by atoms with van der Waals surface area (Å²) in [5.41, 5.74) is 7.50. The summed E-state index contributed by atoms with van der Waals surface area (Å²) in [5.74, 6) is 0. The minimum absolute atomic E-state index is 0.672. The highest BCUT2D eigenvalue weighted by atomic mass is 15.4. The molecule has 96 valence electrons. The number of fused-ring (bicyclic) bond motifs is 1. The Hall–Kier alpha value is -2.20. The van der Waals surface area contributed by atoms with E-state index in [1.54, 1.807) is 0 Å². The molecule has 0 saturated carbocycles. The third-order valence-corrected chi connectivity index (χ3v) is 3.18. The molecule has 1 heterocycles. The zero-order valence-corrected chi connectivity index (χ0v) is 10.7. The summed E-state index contributed by atoms with van der Waals surface area (Å²) in [6, 6.07) is 14.7. The van der Waals surface area contributed by atoms with Crippen molar-refractivity contribution in [2.24, 2.45) is 5.73 Å². The Bertz CT molecular complexity index is 687. The van der Waals surface area contributed by atoms with Gasteiger partial charge >= 0.3 is 0 Å². The predicted molar refractivity (Wildman–Crippen MR) is 76.6 cm³/mol. The van der Waals surface area contributed by atoms with E-state index in [2.05, 4.69) is 40.6 Å². The molecule has 0 aliphatic carbocycles. The fourth-order valence-electron chi connectivity index (χ4n) is 2.14. The van der Waals surface area contributed by atoms with Gasteiger partial charge in [0.05, 0.1) is 6.20 Å². The van der Waals surface area contributed by atoms with Crippen LogP contribution in [0.2, 0.25) is 0 Å². The maximum absolute atomic E-state index is 5.49. The van der Waals surface area contributed by atoms with E-state index in [9.17, 15) is 0 Å². The van der Waals surface area contributed by atoms with Crippen LogP contribution in [0.15, 0.2) is 48.7 Å². The number of benzene rings is 2. The van der Waals surface area contributed by atoms with E-state index in [0.29, 0.717) is 6.54 Å². The van der Waals surface area contributed by atoms with Crippen LogP contribution in [0.4, 0.5) is 0 Å². The molecule has 2 N–H and O–H groups in total. The monoisotopic (exact) mass is 252 g/mol. The lowest BCUT2D eigenvalue weighted by Gasteiger charge is -2.00. The molecule has 2 aromatic carbocycles. The van der Waals surface area contributed by atoms with Crippen molar-refractivity contribution in [2.45, 2.75) is 13.0 Å². The van der Waals surface area contributed by atoms with Crippen molar-refractivity contribution in [1.29, 1.82) is 0 Å². The van der Waals surface area contributed by atoms with Crippen LogP contribution in [-0.2, 0) is 6.54 Å². The third kappa shape index (κ3) is 2.48. The van der Waals surface area contributed by atoms with Gasteiger partial charge in [0.25, 0.3) is 0 Å². The van der Waals surface area contributed by atoms with Gasteiger partial charge in [-0.05, 0) is 29.8 Å². The number of aryl methyl sites for hydroxylation is 1. The Morgan fingerprint density at radius 2 is 1.89 bits per heavy atom. The summed E-state index contributed by atoms with van der Waals surface area (Å²) in [5, 5.41) is 10.8. The van der Waals surface area contributed by atoms with E-state index in [4.69, 9.17) is 5.73 Å². The average molecular weight is 252 g/mol. The van der Waals surface area contributed by atoms with E-state index in [1.165, 1.54) is 10.8 Å². The summed E-state index contributed by atoms with van der Waals surface area (Å²) in [6.07, 6.45) is 2.89. The summed E-state index contributed by atoms with van der Waals surface area (Å²) in [6.45, 7) is 1.49. The molecular weight excluding hydrogens is 236 g/mol. The molecular formula is C15H16N4. The summed E-state index contributed by atoms with van der Waals surface area (Å²) >= 11 is 0. The first-order valence-corrected chi connectivity index (χ1v) is 6.46. The molecule has 4 heteroatoms. The molecule has 0 unspecified atom stereocenters. The van der Waals surface area contributed by atoms with Gasteiger partial charge in [0.2, 0.25) is 0 Å². The molecule has 19 heavy (non-hydrogen) atoms. The lowest BCUT2D eigenvalue weighted by molar-refractivity contribution is 0.564. The zero-order chi connectivity index (χ0) is 13.1. The zero-order valence-electron chi connectivity index (χ0n) is 10.7. The van der Waals surface area contributed by atoms with Crippen molar-refractivity contribution in [2.75, 3.05) is 6.54 Å². The van der Waals surface area contributed by atoms with E-state index in [0.717, 1.165) is 24.2 Å². The Morgan fingerprint density at radius 1 is 1.05 bits per heavy atom. The van der Waals surface area contributed by atoms with Crippen LogP contribution in [0.3, 0.4) is 0 Å². The topological polar surface area (TPSA) is 56.7 Å². The van der Waals surface area contributed by atoms with Gasteiger partial charge < -0.3 is 5.73 Å². The van der Waals surface area contributed by atoms with Crippen LogP contribution in [-0.4, -0.2) is 21.5 Å². The van der Waals surface area contributed by atoms with Crippen LogP contribution in [0.5, 0.6) is 0 Å². The first kappa shape index (κ1) is 11.9. The molecule has 0 saturated heterocycles. The van der Waals surface area contributed by atoms with Crippen molar-refractivity contribution in [3.05, 3.63) is 48.7 Å². The van der Waals surface area contributed by atoms with Crippen LogP contribution in [0.25, 0.3) is 22.0 Å². The third-order valence-electron chi connectivity index (χ3n) is 3.18. The predicted octanol–water partition coefficient (Wildman–Crippen LogP) is 2.45. The maximum atomic E-state index is 5.49. The first-order chi connectivity index (χ1) is 9.36. The number of hydrogen-bond acceptors (Lipinski definition) is 3. The van der Waals surface area contributed by atoms with Crippen LogP contribution in [0.1, 0.15) is 6.42 Å². The molecule has 4 nitrogen and oxygen atoms in total.